The van der Waals surface area contributed by atoms with Crippen LogP contribution in [0.15, 0.2) is 95.8 Å². The van der Waals surface area contributed by atoms with Crippen LogP contribution in [0.3, 0.4) is 0 Å². The number of hydrogen-bond acceptors (Lipinski definition) is 5. The van der Waals surface area contributed by atoms with Crippen molar-refractivity contribution in [1.82, 2.24) is 14.5 Å². The summed E-state index contributed by atoms with van der Waals surface area (Å²) in [6, 6.07) is 29.9. The molecule has 1 saturated carbocycles. The molecule has 2 aliphatic rings. The van der Waals surface area contributed by atoms with Gasteiger partial charge in [-0.25, -0.2) is 9.78 Å². The molecule has 0 radical (unpaired) electrons. The minimum Gasteiger partial charge on any atom is -0.446 e. The number of benzene rings is 3. The number of nitrogens with zero attached hydrogens (tertiary/aromatic N) is 3. The molecule has 1 aliphatic heterocycles. The molecule has 0 N–H and O–H groups in total. The van der Waals surface area contributed by atoms with Crippen LogP contribution in [0.5, 0.6) is 0 Å². The highest BCUT2D eigenvalue weighted by atomic mass is 16.6. The molecule has 0 saturated heterocycles. The summed E-state index contributed by atoms with van der Waals surface area (Å²) in [6.45, 7) is 3.85. The predicted molar refractivity (Wildman–Crippen MR) is 157 cm³/mol. The second-order valence-corrected chi connectivity index (χ2v) is 11.0. The molecule has 0 spiro atoms. The number of aromatic nitrogens is 2. The molecular weight excluding hydrogens is 514 g/mol. The molecule has 0 unspecified atom stereocenters. The SMILES string of the molecule is Cc1nc2c(c(=O)n1C(c1ccccc1)c1ccccc1)CCN(C(=O)OC1CC(COCc3ccccc3)C1)C2. The molecule has 0 atom stereocenters. The first-order valence-electron chi connectivity index (χ1n) is 14.3. The second-order valence-electron chi connectivity index (χ2n) is 11.0. The summed E-state index contributed by atoms with van der Waals surface area (Å²) >= 11 is 0. The van der Waals surface area contributed by atoms with Crippen LogP contribution in [0.2, 0.25) is 0 Å². The summed E-state index contributed by atoms with van der Waals surface area (Å²) in [5.74, 6) is 1.03. The maximum Gasteiger partial charge on any atom is 0.410 e. The largest absolute Gasteiger partial charge is 0.446 e. The fourth-order valence-corrected chi connectivity index (χ4v) is 5.88. The van der Waals surface area contributed by atoms with Gasteiger partial charge >= 0.3 is 6.09 Å². The standard InChI is InChI=1S/C34H35N3O4/c1-24-35-31-21-36(34(39)41-29-19-26(20-29)23-40-22-25-11-5-2-6-12-25)18-17-30(31)33(38)37(24)32(27-13-7-3-8-14-27)28-15-9-4-10-16-28/h2-16,26,29,32H,17-23H2,1H3. The Kier molecular flexibility index (Phi) is 7.96. The van der Waals surface area contributed by atoms with E-state index in [1.54, 1.807) is 9.47 Å². The van der Waals surface area contributed by atoms with Crippen LogP contribution in [-0.2, 0) is 29.0 Å². The lowest BCUT2D eigenvalue weighted by molar-refractivity contribution is -0.0356. The molecule has 1 aromatic heterocycles. The van der Waals surface area contributed by atoms with Gasteiger partial charge in [0.1, 0.15) is 11.9 Å². The third-order valence-electron chi connectivity index (χ3n) is 8.12. The molecular formula is C34H35N3O4. The molecule has 7 nitrogen and oxygen atoms in total. The Hall–Kier alpha value is -4.23. The molecule has 4 aromatic rings. The molecule has 3 aromatic carbocycles. The molecule has 7 heteroatoms. The van der Waals surface area contributed by atoms with E-state index in [1.165, 1.54) is 0 Å². The molecule has 210 valence electrons. The van der Waals surface area contributed by atoms with E-state index in [0.29, 0.717) is 49.2 Å². The first-order valence-corrected chi connectivity index (χ1v) is 14.3. The molecule has 0 bridgehead atoms. The van der Waals surface area contributed by atoms with E-state index in [1.807, 2.05) is 85.8 Å². The van der Waals surface area contributed by atoms with E-state index in [-0.39, 0.29) is 30.3 Å². The lowest BCUT2D eigenvalue weighted by atomic mass is 9.83. The number of carbonyl (C=O) groups excluding carboxylic acids is 1. The van der Waals surface area contributed by atoms with Gasteiger partial charge in [0.2, 0.25) is 0 Å². The van der Waals surface area contributed by atoms with Gasteiger partial charge in [-0.05, 0) is 48.8 Å². The summed E-state index contributed by atoms with van der Waals surface area (Å²) in [5, 5.41) is 0. The van der Waals surface area contributed by atoms with Crippen molar-refractivity contribution in [2.24, 2.45) is 5.92 Å². The van der Waals surface area contributed by atoms with E-state index in [0.717, 1.165) is 29.5 Å². The average molecular weight is 550 g/mol. The zero-order valence-corrected chi connectivity index (χ0v) is 23.3. The quantitative estimate of drug-likeness (QED) is 0.283. The van der Waals surface area contributed by atoms with Gasteiger partial charge in [-0.2, -0.15) is 0 Å². The summed E-state index contributed by atoms with van der Waals surface area (Å²) in [6.07, 6.45) is 1.66. The Balaban J connectivity index is 1.10. The Morgan fingerprint density at radius 1 is 0.927 bits per heavy atom. The van der Waals surface area contributed by atoms with Crippen LogP contribution >= 0.6 is 0 Å². The zero-order chi connectivity index (χ0) is 28.2. The van der Waals surface area contributed by atoms with Gasteiger partial charge in [-0.1, -0.05) is 91.0 Å². The second kappa shape index (κ2) is 12.1. The topological polar surface area (TPSA) is 73.7 Å². The zero-order valence-electron chi connectivity index (χ0n) is 23.3. The Morgan fingerprint density at radius 2 is 1.54 bits per heavy atom. The van der Waals surface area contributed by atoms with Crippen molar-refractivity contribution < 1.29 is 14.3 Å². The fraction of sp³-hybridized carbons (Fsp3) is 0.324. The number of carbonyl (C=O) groups is 1. The fourth-order valence-electron chi connectivity index (χ4n) is 5.88. The van der Waals surface area contributed by atoms with E-state index in [9.17, 15) is 9.59 Å². The first-order chi connectivity index (χ1) is 20.1. The van der Waals surface area contributed by atoms with Crippen molar-refractivity contribution in [3.8, 4) is 0 Å². The molecule has 1 amide bonds. The third kappa shape index (κ3) is 5.95. The molecule has 6 rings (SSSR count). The van der Waals surface area contributed by atoms with Gasteiger partial charge in [0.05, 0.1) is 31.5 Å². The number of hydrogen-bond donors (Lipinski definition) is 0. The lowest BCUT2D eigenvalue weighted by Crippen LogP contribution is -2.44. The van der Waals surface area contributed by atoms with Crippen LogP contribution in [0.4, 0.5) is 4.79 Å². The maximum absolute atomic E-state index is 13.9. The predicted octanol–water partition coefficient (Wildman–Crippen LogP) is 5.68. The average Bonchev–Trinajstić information content (AvgIpc) is 2.99. The Labute approximate surface area is 240 Å². The Morgan fingerprint density at radius 3 is 2.17 bits per heavy atom. The molecule has 41 heavy (non-hydrogen) atoms. The summed E-state index contributed by atoms with van der Waals surface area (Å²) in [5.41, 5.74) is 4.50. The number of rotatable bonds is 8. The molecule has 1 aliphatic carbocycles. The van der Waals surface area contributed by atoms with Crippen LogP contribution in [-0.4, -0.2) is 39.8 Å². The van der Waals surface area contributed by atoms with Crippen molar-refractivity contribution in [3.05, 3.63) is 135 Å². The number of amides is 1. The number of ether oxygens (including phenoxy) is 2. The smallest absolute Gasteiger partial charge is 0.410 e. The Bertz CT molecular complexity index is 1490. The van der Waals surface area contributed by atoms with Gasteiger partial charge in [0, 0.05) is 12.1 Å². The van der Waals surface area contributed by atoms with Crippen molar-refractivity contribution in [3.63, 3.8) is 0 Å². The highest BCUT2D eigenvalue weighted by Crippen LogP contribution is 2.32. The van der Waals surface area contributed by atoms with Crippen LogP contribution in [0.25, 0.3) is 0 Å². The van der Waals surface area contributed by atoms with Crippen molar-refractivity contribution in [2.75, 3.05) is 13.2 Å². The summed E-state index contributed by atoms with van der Waals surface area (Å²) in [4.78, 5) is 33.4. The highest BCUT2D eigenvalue weighted by Gasteiger charge is 2.35. The normalized spacial score (nSPS) is 18.0. The van der Waals surface area contributed by atoms with Gasteiger partial charge in [0.25, 0.3) is 5.56 Å². The minimum absolute atomic E-state index is 0.0458. The van der Waals surface area contributed by atoms with Crippen LogP contribution in [0.1, 0.15) is 52.7 Å². The highest BCUT2D eigenvalue weighted by molar-refractivity contribution is 5.68. The monoisotopic (exact) mass is 549 g/mol. The van der Waals surface area contributed by atoms with E-state index in [2.05, 4.69) is 12.1 Å². The van der Waals surface area contributed by atoms with Gasteiger partial charge < -0.3 is 14.4 Å². The summed E-state index contributed by atoms with van der Waals surface area (Å²) in [7, 11) is 0. The maximum atomic E-state index is 13.9. The van der Waals surface area contributed by atoms with Crippen LogP contribution in [0, 0.1) is 12.8 Å². The molecule has 1 fully saturated rings. The van der Waals surface area contributed by atoms with Crippen molar-refractivity contribution in [2.45, 2.75) is 51.5 Å². The number of fused-ring (bicyclic) bond motifs is 1. The first kappa shape index (κ1) is 27.0. The van der Waals surface area contributed by atoms with E-state index >= 15 is 0 Å². The van der Waals surface area contributed by atoms with Crippen molar-refractivity contribution in [1.29, 1.82) is 0 Å². The van der Waals surface area contributed by atoms with Gasteiger partial charge in [0.15, 0.2) is 0 Å². The molecule has 2 heterocycles. The van der Waals surface area contributed by atoms with Gasteiger partial charge in [-0.3, -0.25) is 9.36 Å². The van der Waals surface area contributed by atoms with Crippen molar-refractivity contribution >= 4 is 6.09 Å². The summed E-state index contributed by atoms with van der Waals surface area (Å²) < 4.78 is 13.4. The van der Waals surface area contributed by atoms with E-state index in [4.69, 9.17) is 14.5 Å². The third-order valence-corrected chi connectivity index (χ3v) is 8.12. The lowest BCUT2D eigenvalue weighted by Gasteiger charge is -2.36. The van der Waals surface area contributed by atoms with Crippen LogP contribution < -0.4 is 5.56 Å². The van der Waals surface area contributed by atoms with E-state index < -0.39 is 0 Å². The van der Waals surface area contributed by atoms with Gasteiger partial charge in [-0.15, -0.1) is 0 Å². The minimum atomic E-state index is -0.334. The number of aryl methyl sites for hydroxylation is 1.